The summed E-state index contributed by atoms with van der Waals surface area (Å²) in [5, 5.41) is 15.3. The Kier molecular flexibility index (Phi) is 3.05. The quantitative estimate of drug-likeness (QED) is 0.723. The van der Waals surface area contributed by atoms with E-state index in [1.54, 1.807) is 0 Å². The number of thioether (sulfide) groups is 1. The Bertz CT molecular complexity index is 607. The predicted octanol–water partition coefficient (Wildman–Crippen LogP) is 2.15. The van der Waals surface area contributed by atoms with Gasteiger partial charge in [0.25, 0.3) is 0 Å². The van der Waals surface area contributed by atoms with Crippen molar-refractivity contribution in [2.75, 3.05) is 0 Å². The molecule has 0 saturated carbocycles. The molecule has 1 N–H and O–H groups in total. The number of H-pyrrole nitrogens is 1. The molecule has 0 spiro atoms. The van der Waals surface area contributed by atoms with Crippen LogP contribution in [0.25, 0.3) is 11.5 Å². The standard InChI is InChI=1S/C11H9N5OS/c1-2-4-8(5-3-1)10-15-14-9(17-10)6-18-11-12-7-13-16-11/h1-5,7H,6H2,(H,12,13,16). The minimum Gasteiger partial charge on any atom is -0.420 e. The van der Waals surface area contributed by atoms with Gasteiger partial charge in [0.2, 0.25) is 11.8 Å². The zero-order valence-corrected chi connectivity index (χ0v) is 10.1. The van der Waals surface area contributed by atoms with Crippen LogP contribution in [0.15, 0.2) is 46.2 Å². The molecule has 0 bridgehead atoms. The second kappa shape index (κ2) is 5.01. The van der Waals surface area contributed by atoms with E-state index >= 15 is 0 Å². The minimum atomic E-state index is 0.531. The van der Waals surface area contributed by atoms with Gasteiger partial charge in [-0.25, -0.2) is 4.98 Å². The highest BCUT2D eigenvalue weighted by Crippen LogP contribution is 2.21. The summed E-state index contributed by atoms with van der Waals surface area (Å²) in [7, 11) is 0. The summed E-state index contributed by atoms with van der Waals surface area (Å²) in [6, 6.07) is 9.67. The van der Waals surface area contributed by atoms with E-state index in [1.807, 2.05) is 30.3 Å². The molecule has 6 nitrogen and oxygen atoms in total. The van der Waals surface area contributed by atoms with Gasteiger partial charge in [0.15, 0.2) is 5.16 Å². The number of benzene rings is 1. The van der Waals surface area contributed by atoms with Crippen LogP contribution in [0.4, 0.5) is 0 Å². The number of nitrogens with one attached hydrogen (secondary N) is 1. The van der Waals surface area contributed by atoms with E-state index in [0.29, 0.717) is 17.5 Å². The monoisotopic (exact) mass is 259 g/mol. The molecule has 0 unspecified atom stereocenters. The van der Waals surface area contributed by atoms with E-state index in [-0.39, 0.29) is 0 Å². The predicted molar refractivity (Wildman–Crippen MR) is 65.7 cm³/mol. The van der Waals surface area contributed by atoms with Crippen molar-refractivity contribution in [3.05, 3.63) is 42.5 Å². The van der Waals surface area contributed by atoms with Crippen molar-refractivity contribution in [1.29, 1.82) is 0 Å². The molecule has 1 aromatic carbocycles. The third-order valence-electron chi connectivity index (χ3n) is 2.21. The Morgan fingerprint density at radius 1 is 1.17 bits per heavy atom. The van der Waals surface area contributed by atoms with E-state index in [1.165, 1.54) is 18.1 Å². The fourth-order valence-electron chi connectivity index (χ4n) is 1.40. The van der Waals surface area contributed by atoms with Crippen molar-refractivity contribution in [1.82, 2.24) is 25.4 Å². The van der Waals surface area contributed by atoms with Gasteiger partial charge in [0.05, 0.1) is 5.75 Å². The van der Waals surface area contributed by atoms with E-state index in [2.05, 4.69) is 25.4 Å². The van der Waals surface area contributed by atoms with Crippen LogP contribution in [-0.4, -0.2) is 25.4 Å². The lowest BCUT2D eigenvalue weighted by Crippen LogP contribution is -1.81. The van der Waals surface area contributed by atoms with E-state index in [9.17, 15) is 0 Å². The molecule has 0 atom stereocenters. The van der Waals surface area contributed by atoms with E-state index in [0.717, 1.165) is 10.7 Å². The van der Waals surface area contributed by atoms with Crippen LogP contribution >= 0.6 is 11.8 Å². The van der Waals surface area contributed by atoms with E-state index < -0.39 is 0 Å². The zero-order chi connectivity index (χ0) is 12.2. The first-order valence-corrected chi connectivity index (χ1v) is 6.26. The first-order chi connectivity index (χ1) is 8.92. The maximum atomic E-state index is 5.56. The molecule has 2 heterocycles. The molecule has 0 aliphatic heterocycles. The molecule has 0 aliphatic rings. The Labute approximate surface area is 107 Å². The SMILES string of the molecule is c1ccc(-c2nnc(CSc3ncn[nH]3)o2)cc1. The molecule has 0 saturated heterocycles. The molecule has 2 aromatic heterocycles. The molecule has 0 aliphatic carbocycles. The number of rotatable bonds is 4. The summed E-state index contributed by atoms with van der Waals surface area (Å²) in [5.41, 5.74) is 0.918. The normalized spacial score (nSPS) is 10.7. The van der Waals surface area contributed by atoms with Crippen molar-refractivity contribution in [3.8, 4) is 11.5 Å². The molecule has 3 aromatic rings. The highest BCUT2D eigenvalue weighted by atomic mass is 32.2. The largest absolute Gasteiger partial charge is 0.420 e. The van der Waals surface area contributed by atoms with Gasteiger partial charge in [0.1, 0.15) is 6.33 Å². The molecule has 18 heavy (non-hydrogen) atoms. The van der Waals surface area contributed by atoms with Gasteiger partial charge >= 0.3 is 0 Å². The Hall–Kier alpha value is -2.15. The zero-order valence-electron chi connectivity index (χ0n) is 9.28. The second-order valence-electron chi connectivity index (χ2n) is 3.45. The molecule has 90 valence electrons. The molecular formula is C11H9N5OS. The average molecular weight is 259 g/mol. The summed E-state index contributed by atoms with van der Waals surface area (Å²) in [4.78, 5) is 4.00. The van der Waals surface area contributed by atoms with Crippen molar-refractivity contribution in [2.45, 2.75) is 10.9 Å². The summed E-state index contributed by atoms with van der Waals surface area (Å²) in [5.74, 6) is 1.66. The lowest BCUT2D eigenvalue weighted by atomic mass is 10.2. The Morgan fingerprint density at radius 3 is 2.83 bits per heavy atom. The Morgan fingerprint density at radius 2 is 2.06 bits per heavy atom. The van der Waals surface area contributed by atoms with Gasteiger partial charge in [-0.15, -0.1) is 10.2 Å². The van der Waals surface area contributed by atoms with Gasteiger partial charge in [-0.3, -0.25) is 5.10 Å². The first kappa shape index (κ1) is 11.0. The summed E-state index contributed by atoms with van der Waals surface area (Å²) >= 11 is 1.46. The topological polar surface area (TPSA) is 80.5 Å². The lowest BCUT2D eigenvalue weighted by Gasteiger charge is -1.93. The molecule has 7 heteroatoms. The van der Waals surface area contributed by atoms with Gasteiger partial charge in [-0.2, -0.15) is 5.10 Å². The van der Waals surface area contributed by atoms with Gasteiger partial charge in [-0.05, 0) is 12.1 Å². The Balaban J connectivity index is 1.70. The number of aromatic nitrogens is 5. The van der Waals surface area contributed by atoms with Crippen LogP contribution < -0.4 is 0 Å². The molecule has 0 radical (unpaired) electrons. The highest BCUT2D eigenvalue weighted by Gasteiger charge is 2.08. The fourth-order valence-corrected chi connectivity index (χ4v) is 2.02. The van der Waals surface area contributed by atoms with Crippen LogP contribution in [0.5, 0.6) is 0 Å². The van der Waals surface area contributed by atoms with Crippen molar-refractivity contribution in [3.63, 3.8) is 0 Å². The number of aromatic amines is 1. The fraction of sp³-hybridized carbons (Fsp3) is 0.0909. The smallest absolute Gasteiger partial charge is 0.247 e. The maximum Gasteiger partial charge on any atom is 0.247 e. The number of hydrogen-bond acceptors (Lipinski definition) is 6. The van der Waals surface area contributed by atoms with Crippen LogP contribution in [-0.2, 0) is 5.75 Å². The molecule has 3 rings (SSSR count). The second-order valence-corrected chi connectivity index (χ2v) is 4.41. The van der Waals surface area contributed by atoms with Crippen LogP contribution in [0, 0.1) is 0 Å². The van der Waals surface area contributed by atoms with Gasteiger partial charge in [0, 0.05) is 5.56 Å². The van der Waals surface area contributed by atoms with Crippen molar-refractivity contribution >= 4 is 11.8 Å². The van der Waals surface area contributed by atoms with Crippen molar-refractivity contribution < 1.29 is 4.42 Å². The van der Waals surface area contributed by atoms with Crippen LogP contribution in [0.1, 0.15) is 5.89 Å². The third-order valence-corrected chi connectivity index (χ3v) is 3.07. The molecule has 0 amide bonds. The number of hydrogen-bond donors (Lipinski definition) is 1. The summed E-state index contributed by atoms with van der Waals surface area (Å²) < 4.78 is 5.56. The number of nitrogens with zero attached hydrogens (tertiary/aromatic N) is 4. The highest BCUT2D eigenvalue weighted by molar-refractivity contribution is 7.98. The van der Waals surface area contributed by atoms with Crippen LogP contribution in [0.2, 0.25) is 0 Å². The van der Waals surface area contributed by atoms with Crippen LogP contribution in [0.3, 0.4) is 0 Å². The maximum absolute atomic E-state index is 5.56. The first-order valence-electron chi connectivity index (χ1n) is 5.28. The van der Waals surface area contributed by atoms with Gasteiger partial charge in [-0.1, -0.05) is 30.0 Å². The molecule has 0 fully saturated rings. The summed E-state index contributed by atoms with van der Waals surface area (Å²) in [6.07, 6.45) is 1.46. The molecular weight excluding hydrogens is 250 g/mol. The third kappa shape index (κ3) is 2.40. The van der Waals surface area contributed by atoms with Gasteiger partial charge < -0.3 is 4.42 Å². The summed E-state index contributed by atoms with van der Waals surface area (Å²) in [6.45, 7) is 0. The average Bonchev–Trinajstić information content (AvgIpc) is 3.09. The minimum absolute atomic E-state index is 0.531. The lowest BCUT2D eigenvalue weighted by molar-refractivity contribution is 0.528. The van der Waals surface area contributed by atoms with E-state index in [4.69, 9.17) is 4.42 Å². The van der Waals surface area contributed by atoms with Crippen molar-refractivity contribution in [2.24, 2.45) is 0 Å².